The Balaban J connectivity index is 1.76. The summed E-state index contributed by atoms with van der Waals surface area (Å²) in [5.41, 5.74) is 1.97. The number of rotatable bonds is 6. The third-order valence-electron chi connectivity index (χ3n) is 4.18. The van der Waals surface area contributed by atoms with Crippen molar-refractivity contribution in [3.63, 3.8) is 0 Å². The van der Waals surface area contributed by atoms with E-state index in [1.54, 1.807) is 0 Å². The molecule has 1 N–H and O–H groups in total. The van der Waals surface area contributed by atoms with Gasteiger partial charge in [-0.25, -0.2) is 4.79 Å². The first kappa shape index (κ1) is 19.6. The van der Waals surface area contributed by atoms with Crippen LogP contribution in [0.1, 0.15) is 33.3 Å². The van der Waals surface area contributed by atoms with Crippen molar-refractivity contribution in [2.24, 2.45) is 0 Å². The average Bonchev–Trinajstić information content (AvgIpc) is 2.94. The Morgan fingerprint density at radius 1 is 1.00 bits per heavy atom. The molecule has 0 aliphatic carbocycles. The molecule has 28 heavy (non-hydrogen) atoms. The third kappa shape index (κ3) is 4.58. The molecular weight excluding hydrogens is 374 g/mol. The van der Waals surface area contributed by atoms with Crippen molar-refractivity contribution < 1.29 is 19.1 Å². The molecule has 0 radical (unpaired) electrons. The minimum absolute atomic E-state index is 0.0652. The quantitative estimate of drug-likeness (QED) is 0.562. The second kappa shape index (κ2) is 8.71. The topological polar surface area (TPSA) is 64.6 Å². The lowest BCUT2D eigenvalue weighted by Gasteiger charge is -2.12. The molecule has 5 nitrogen and oxygen atoms in total. The number of hydrogen-bond acceptors (Lipinski definition) is 5. The molecule has 6 heteroatoms. The van der Waals surface area contributed by atoms with Crippen molar-refractivity contribution in [1.29, 1.82) is 0 Å². The Morgan fingerprint density at radius 2 is 1.68 bits per heavy atom. The van der Waals surface area contributed by atoms with Gasteiger partial charge in [0, 0.05) is 17.4 Å². The van der Waals surface area contributed by atoms with E-state index in [2.05, 4.69) is 5.32 Å². The normalized spacial score (nSPS) is 10.4. The fourth-order valence-corrected chi connectivity index (χ4v) is 3.77. The predicted octanol–water partition coefficient (Wildman–Crippen LogP) is 5.47. The zero-order valence-electron chi connectivity index (χ0n) is 15.9. The van der Waals surface area contributed by atoms with Crippen LogP contribution >= 0.6 is 11.3 Å². The monoisotopic (exact) mass is 395 g/mol. The second-order valence-corrected chi connectivity index (χ2v) is 7.49. The van der Waals surface area contributed by atoms with Gasteiger partial charge in [-0.2, -0.15) is 0 Å². The molecule has 0 spiro atoms. The molecule has 0 aliphatic rings. The van der Waals surface area contributed by atoms with Crippen LogP contribution in [0.4, 0.5) is 5.00 Å². The highest BCUT2D eigenvalue weighted by Gasteiger charge is 2.22. The second-order valence-electron chi connectivity index (χ2n) is 6.27. The van der Waals surface area contributed by atoms with Crippen LogP contribution in [-0.2, 0) is 16.1 Å². The number of carbonyl (C=O) groups is 2. The summed E-state index contributed by atoms with van der Waals surface area (Å²) in [6.45, 7) is 5.23. The fraction of sp³-hybridized carbons (Fsp3) is 0.182. The van der Waals surface area contributed by atoms with E-state index in [4.69, 9.17) is 9.47 Å². The molecular formula is C22H21NO4S. The van der Waals surface area contributed by atoms with Crippen molar-refractivity contribution in [2.45, 2.75) is 27.4 Å². The van der Waals surface area contributed by atoms with Crippen LogP contribution in [0.25, 0.3) is 0 Å². The maximum atomic E-state index is 12.7. The highest BCUT2D eigenvalue weighted by atomic mass is 32.1. The number of thiophene rings is 1. The number of anilines is 1. The third-order valence-corrected chi connectivity index (χ3v) is 5.30. The van der Waals surface area contributed by atoms with Gasteiger partial charge >= 0.3 is 5.97 Å². The summed E-state index contributed by atoms with van der Waals surface area (Å²) in [6.07, 6.45) is 0. The summed E-state index contributed by atoms with van der Waals surface area (Å²) in [5, 5.41) is 3.23. The lowest BCUT2D eigenvalue weighted by molar-refractivity contribution is -0.114. The first-order chi connectivity index (χ1) is 13.5. The highest BCUT2D eigenvalue weighted by molar-refractivity contribution is 7.16. The van der Waals surface area contributed by atoms with Gasteiger partial charge in [0.05, 0.1) is 5.56 Å². The molecule has 0 saturated carbocycles. The van der Waals surface area contributed by atoms with E-state index in [0.29, 0.717) is 22.1 Å². The van der Waals surface area contributed by atoms with E-state index in [0.717, 1.165) is 16.0 Å². The van der Waals surface area contributed by atoms with E-state index in [-0.39, 0.29) is 12.5 Å². The molecule has 1 amide bonds. The summed E-state index contributed by atoms with van der Waals surface area (Å²) < 4.78 is 11.5. The Labute approximate surface area is 167 Å². The molecule has 0 aliphatic heterocycles. The number of para-hydroxylation sites is 2. The molecule has 0 fully saturated rings. The smallest absolute Gasteiger partial charge is 0.341 e. The van der Waals surface area contributed by atoms with E-state index in [1.807, 2.05) is 68.4 Å². The van der Waals surface area contributed by atoms with Gasteiger partial charge in [0.15, 0.2) is 0 Å². The first-order valence-electron chi connectivity index (χ1n) is 8.81. The molecule has 0 bridgehead atoms. The predicted molar refractivity (Wildman–Crippen MR) is 110 cm³/mol. The first-order valence-corrected chi connectivity index (χ1v) is 9.63. The van der Waals surface area contributed by atoms with Crippen LogP contribution in [0, 0.1) is 13.8 Å². The van der Waals surface area contributed by atoms with Crippen molar-refractivity contribution in [1.82, 2.24) is 0 Å². The van der Waals surface area contributed by atoms with Gasteiger partial charge in [0.2, 0.25) is 5.91 Å². The van der Waals surface area contributed by atoms with Crippen molar-refractivity contribution >= 4 is 28.2 Å². The standard InChI is InChI=1S/C22H21NO4S/c1-14-15(2)28-21(23-16(3)24)20(14)22(25)26-13-17-9-7-8-12-19(17)27-18-10-5-4-6-11-18/h4-12H,13H2,1-3H3,(H,23,24). The fourth-order valence-electron chi connectivity index (χ4n) is 2.67. The number of amides is 1. The zero-order chi connectivity index (χ0) is 20.1. The van der Waals surface area contributed by atoms with Gasteiger partial charge in [-0.05, 0) is 37.6 Å². The minimum atomic E-state index is -0.472. The van der Waals surface area contributed by atoms with Gasteiger partial charge in [-0.15, -0.1) is 11.3 Å². The van der Waals surface area contributed by atoms with Gasteiger partial charge in [-0.3, -0.25) is 4.79 Å². The van der Waals surface area contributed by atoms with Crippen molar-refractivity contribution in [2.75, 3.05) is 5.32 Å². The van der Waals surface area contributed by atoms with Crippen LogP contribution in [-0.4, -0.2) is 11.9 Å². The van der Waals surface area contributed by atoms with Crippen LogP contribution in [0.3, 0.4) is 0 Å². The molecule has 2 aromatic carbocycles. The van der Waals surface area contributed by atoms with Crippen LogP contribution in [0.5, 0.6) is 11.5 Å². The van der Waals surface area contributed by atoms with Crippen LogP contribution < -0.4 is 10.1 Å². The van der Waals surface area contributed by atoms with E-state index < -0.39 is 5.97 Å². The van der Waals surface area contributed by atoms with E-state index >= 15 is 0 Å². The Kier molecular flexibility index (Phi) is 6.11. The molecule has 3 aromatic rings. The van der Waals surface area contributed by atoms with Gasteiger partial charge in [-0.1, -0.05) is 36.4 Å². The number of ether oxygens (including phenoxy) is 2. The lowest BCUT2D eigenvalue weighted by atomic mass is 10.1. The summed E-state index contributed by atoms with van der Waals surface area (Å²) in [4.78, 5) is 25.1. The summed E-state index contributed by atoms with van der Waals surface area (Å²) >= 11 is 1.37. The lowest BCUT2D eigenvalue weighted by Crippen LogP contribution is -2.12. The van der Waals surface area contributed by atoms with Gasteiger partial charge in [0.25, 0.3) is 0 Å². The highest BCUT2D eigenvalue weighted by Crippen LogP contribution is 2.33. The summed E-state index contributed by atoms with van der Waals surface area (Å²) in [5.74, 6) is 0.636. The van der Waals surface area contributed by atoms with E-state index in [9.17, 15) is 9.59 Å². The largest absolute Gasteiger partial charge is 0.457 e. The molecule has 3 rings (SSSR count). The number of nitrogens with one attached hydrogen (secondary N) is 1. The number of esters is 1. The molecule has 144 valence electrons. The number of hydrogen-bond donors (Lipinski definition) is 1. The molecule has 0 atom stereocenters. The summed E-state index contributed by atoms with van der Waals surface area (Å²) in [6, 6.07) is 16.8. The molecule has 1 aromatic heterocycles. The zero-order valence-corrected chi connectivity index (χ0v) is 16.8. The summed E-state index contributed by atoms with van der Waals surface area (Å²) in [7, 11) is 0. The van der Waals surface area contributed by atoms with Crippen LogP contribution in [0.2, 0.25) is 0 Å². The Bertz CT molecular complexity index is 995. The maximum absolute atomic E-state index is 12.7. The number of aryl methyl sites for hydroxylation is 1. The molecule has 1 heterocycles. The van der Waals surface area contributed by atoms with E-state index in [1.165, 1.54) is 18.3 Å². The average molecular weight is 395 g/mol. The van der Waals surface area contributed by atoms with Crippen molar-refractivity contribution in [3.05, 3.63) is 76.2 Å². The SMILES string of the molecule is CC(=O)Nc1sc(C)c(C)c1C(=O)OCc1ccccc1Oc1ccccc1. The van der Waals surface area contributed by atoms with Gasteiger partial charge in [0.1, 0.15) is 23.1 Å². The Morgan fingerprint density at radius 3 is 2.39 bits per heavy atom. The molecule has 0 unspecified atom stereocenters. The molecule has 0 saturated heterocycles. The van der Waals surface area contributed by atoms with Crippen LogP contribution in [0.15, 0.2) is 54.6 Å². The number of carbonyl (C=O) groups excluding carboxylic acids is 2. The van der Waals surface area contributed by atoms with Gasteiger partial charge < -0.3 is 14.8 Å². The van der Waals surface area contributed by atoms with Crippen molar-refractivity contribution in [3.8, 4) is 11.5 Å². The Hall–Kier alpha value is -3.12. The minimum Gasteiger partial charge on any atom is -0.457 e. The number of benzene rings is 2. The maximum Gasteiger partial charge on any atom is 0.341 e.